The fourth-order valence-corrected chi connectivity index (χ4v) is 2.57. The Bertz CT molecular complexity index is 408. The molecule has 1 heterocycles. The lowest BCUT2D eigenvalue weighted by Gasteiger charge is -2.35. The predicted molar refractivity (Wildman–Crippen MR) is 71.8 cm³/mol. The van der Waals surface area contributed by atoms with Gasteiger partial charge in [-0.15, -0.1) is 0 Å². The Morgan fingerprint density at radius 3 is 2.74 bits per heavy atom. The maximum atomic E-state index is 13.8. The van der Waals surface area contributed by atoms with Crippen LogP contribution in [0.2, 0.25) is 0 Å². The summed E-state index contributed by atoms with van der Waals surface area (Å²) < 4.78 is 18.7. The van der Waals surface area contributed by atoms with Gasteiger partial charge in [0.05, 0.1) is 7.11 Å². The first-order chi connectivity index (χ1) is 9.26. The Morgan fingerprint density at radius 2 is 2.16 bits per heavy atom. The monoisotopic (exact) mass is 268 g/mol. The van der Waals surface area contributed by atoms with Crippen molar-refractivity contribution in [2.75, 3.05) is 39.9 Å². The third kappa shape index (κ3) is 3.43. The van der Waals surface area contributed by atoms with Gasteiger partial charge in [0.15, 0.2) is 11.6 Å². The minimum atomic E-state index is -0.349. The topological polar surface area (TPSA) is 44.7 Å². The summed E-state index contributed by atoms with van der Waals surface area (Å²) in [6, 6.07) is 5.11. The van der Waals surface area contributed by atoms with Crippen LogP contribution in [-0.4, -0.2) is 49.9 Å². The maximum absolute atomic E-state index is 13.8. The first-order valence-electron chi connectivity index (χ1n) is 6.65. The van der Waals surface area contributed by atoms with Crippen molar-refractivity contribution >= 4 is 0 Å². The number of hydrogen-bond donors (Lipinski definition) is 2. The second-order valence-corrected chi connectivity index (χ2v) is 4.71. The van der Waals surface area contributed by atoms with Gasteiger partial charge in [-0.2, -0.15) is 0 Å². The molecule has 0 aromatic heterocycles. The average Bonchev–Trinajstić information content (AvgIpc) is 2.45. The molecule has 1 aliphatic heterocycles. The average molecular weight is 268 g/mol. The molecule has 1 aliphatic rings. The van der Waals surface area contributed by atoms with Crippen LogP contribution in [0, 0.1) is 5.82 Å². The summed E-state index contributed by atoms with van der Waals surface area (Å²) in [5.41, 5.74) is 0.897. The van der Waals surface area contributed by atoms with Crippen LogP contribution >= 0.6 is 0 Å². The van der Waals surface area contributed by atoms with E-state index in [1.165, 1.54) is 13.2 Å². The van der Waals surface area contributed by atoms with Crippen LogP contribution in [0.25, 0.3) is 0 Å². The molecule has 2 rings (SSSR count). The Morgan fingerprint density at radius 1 is 1.42 bits per heavy atom. The van der Waals surface area contributed by atoms with Crippen molar-refractivity contribution in [2.24, 2.45) is 0 Å². The van der Waals surface area contributed by atoms with E-state index in [-0.39, 0.29) is 24.2 Å². The molecule has 5 heteroatoms. The van der Waals surface area contributed by atoms with Crippen molar-refractivity contribution < 1.29 is 14.2 Å². The van der Waals surface area contributed by atoms with Crippen LogP contribution in [0.5, 0.6) is 5.75 Å². The second-order valence-electron chi connectivity index (χ2n) is 4.71. The number of halogens is 1. The van der Waals surface area contributed by atoms with Crippen molar-refractivity contribution in [3.05, 3.63) is 29.6 Å². The summed E-state index contributed by atoms with van der Waals surface area (Å²) in [7, 11) is 1.46. The molecule has 0 amide bonds. The molecular weight excluding hydrogens is 247 g/mol. The van der Waals surface area contributed by atoms with Crippen molar-refractivity contribution in [3.8, 4) is 5.75 Å². The number of aliphatic hydroxyl groups is 1. The summed E-state index contributed by atoms with van der Waals surface area (Å²) in [4.78, 5) is 2.29. The number of ether oxygens (including phenoxy) is 1. The zero-order valence-corrected chi connectivity index (χ0v) is 11.2. The van der Waals surface area contributed by atoms with E-state index >= 15 is 0 Å². The van der Waals surface area contributed by atoms with Gasteiger partial charge in [0, 0.05) is 38.8 Å². The molecule has 0 radical (unpaired) electrons. The first kappa shape index (κ1) is 14.2. The summed E-state index contributed by atoms with van der Waals surface area (Å²) in [6.45, 7) is 3.79. The summed E-state index contributed by atoms with van der Waals surface area (Å²) in [5.74, 6) is -0.0927. The molecule has 0 saturated carbocycles. The van der Waals surface area contributed by atoms with Crippen LogP contribution in [-0.2, 0) is 0 Å². The Hall–Kier alpha value is -1.17. The van der Waals surface area contributed by atoms with Gasteiger partial charge in [0.2, 0.25) is 0 Å². The normalized spacial score (nSPS) is 18.3. The molecule has 2 N–H and O–H groups in total. The third-order valence-corrected chi connectivity index (χ3v) is 3.56. The van der Waals surface area contributed by atoms with Gasteiger partial charge in [-0.25, -0.2) is 4.39 Å². The molecule has 106 valence electrons. The van der Waals surface area contributed by atoms with E-state index in [0.717, 1.165) is 31.7 Å². The smallest absolute Gasteiger partial charge is 0.165 e. The summed E-state index contributed by atoms with van der Waals surface area (Å²) in [5, 5.41) is 12.5. The number of hydrogen-bond acceptors (Lipinski definition) is 4. The molecule has 0 aliphatic carbocycles. The van der Waals surface area contributed by atoms with Gasteiger partial charge in [-0.05, 0) is 24.1 Å². The number of piperazine rings is 1. The van der Waals surface area contributed by atoms with E-state index < -0.39 is 0 Å². The van der Waals surface area contributed by atoms with Gasteiger partial charge < -0.3 is 15.2 Å². The Balaban J connectivity index is 2.19. The van der Waals surface area contributed by atoms with Crippen molar-refractivity contribution in [2.45, 2.75) is 12.5 Å². The SMILES string of the molecule is COc1ccc([C@H](CCO)N2CCNCC2)cc1F. The van der Waals surface area contributed by atoms with E-state index in [4.69, 9.17) is 4.74 Å². The molecule has 1 aromatic rings. The molecule has 1 atom stereocenters. The van der Waals surface area contributed by atoms with E-state index in [9.17, 15) is 9.50 Å². The van der Waals surface area contributed by atoms with Crippen LogP contribution < -0.4 is 10.1 Å². The lowest BCUT2D eigenvalue weighted by Crippen LogP contribution is -2.45. The highest BCUT2D eigenvalue weighted by Crippen LogP contribution is 2.28. The molecule has 0 spiro atoms. The molecule has 0 unspecified atom stereocenters. The van der Waals surface area contributed by atoms with Gasteiger partial charge in [0.1, 0.15) is 0 Å². The van der Waals surface area contributed by atoms with Crippen LogP contribution in [0.4, 0.5) is 4.39 Å². The lowest BCUT2D eigenvalue weighted by molar-refractivity contribution is 0.141. The van der Waals surface area contributed by atoms with E-state index in [2.05, 4.69) is 10.2 Å². The summed E-state index contributed by atoms with van der Waals surface area (Å²) >= 11 is 0. The fourth-order valence-electron chi connectivity index (χ4n) is 2.57. The predicted octanol–water partition coefficient (Wildman–Crippen LogP) is 1.16. The maximum Gasteiger partial charge on any atom is 0.165 e. The minimum Gasteiger partial charge on any atom is -0.494 e. The summed E-state index contributed by atoms with van der Waals surface area (Å²) in [6.07, 6.45) is 0.617. The van der Waals surface area contributed by atoms with Gasteiger partial charge in [-0.3, -0.25) is 4.90 Å². The number of benzene rings is 1. The third-order valence-electron chi connectivity index (χ3n) is 3.56. The second kappa shape index (κ2) is 6.84. The van der Waals surface area contributed by atoms with Crippen molar-refractivity contribution in [1.29, 1.82) is 0 Å². The highest BCUT2D eigenvalue weighted by Gasteiger charge is 2.22. The number of methoxy groups -OCH3 is 1. The first-order valence-corrected chi connectivity index (χ1v) is 6.65. The number of rotatable bonds is 5. The largest absolute Gasteiger partial charge is 0.494 e. The molecule has 1 fully saturated rings. The van der Waals surface area contributed by atoms with E-state index in [1.807, 2.05) is 6.07 Å². The zero-order chi connectivity index (χ0) is 13.7. The number of aliphatic hydroxyl groups excluding tert-OH is 1. The van der Waals surface area contributed by atoms with E-state index in [0.29, 0.717) is 6.42 Å². The molecule has 1 aromatic carbocycles. The lowest BCUT2D eigenvalue weighted by atomic mass is 10.0. The van der Waals surface area contributed by atoms with Gasteiger partial charge in [-0.1, -0.05) is 6.07 Å². The van der Waals surface area contributed by atoms with Crippen molar-refractivity contribution in [3.63, 3.8) is 0 Å². The highest BCUT2D eigenvalue weighted by atomic mass is 19.1. The minimum absolute atomic E-state index is 0.0625. The van der Waals surface area contributed by atoms with Crippen molar-refractivity contribution in [1.82, 2.24) is 10.2 Å². The fraction of sp³-hybridized carbons (Fsp3) is 0.571. The highest BCUT2D eigenvalue weighted by molar-refractivity contribution is 5.31. The zero-order valence-electron chi connectivity index (χ0n) is 11.2. The quantitative estimate of drug-likeness (QED) is 0.841. The van der Waals surface area contributed by atoms with Gasteiger partial charge in [0.25, 0.3) is 0 Å². The van der Waals surface area contributed by atoms with E-state index in [1.54, 1.807) is 6.07 Å². The van der Waals surface area contributed by atoms with Crippen LogP contribution in [0.3, 0.4) is 0 Å². The molecule has 0 bridgehead atoms. The van der Waals surface area contributed by atoms with Crippen LogP contribution in [0.1, 0.15) is 18.0 Å². The Kier molecular flexibility index (Phi) is 5.13. The molecular formula is C14H21FN2O2. The van der Waals surface area contributed by atoms with Crippen LogP contribution in [0.15, 0.2) is 18.2 Å². The number of nitrogens with zero attached hydrogens (tertiary/aromatic N) is 1. The molecule has 1 saturated heterocycles. The molecule has 19 heavy (non-hydrogen) atoms. The molecule has 4 nitrogen and oxygen atoms in total. The van der Waals surface area contributed by atoms with Gasteiger partial charge >= 0.3 is 0 Å². The Labute approximate surface area is 113 Å². The number of nitrogens with one attached hydrogen (secondary N) is 1. The standard InChI is InChI=1S/C14H21FN2O2/c1-19-14-3-2-11(10-12(14)15)13(4-9-18)17-7-5-16-6-8-17/h2-3,10,13,16,18H,4-9H2,1H3/t13-/m0/s1.